The summed E-state index contributed by atoms with van der Waals surface area (Å²) in [5.74, 6) is 0. The van der Waals surface area contributed by atoms with E-state index in [0.29, 0.717) is 18.4 Å². The molecule has 15 nitrogen and oxygen atoms in total. The van der Waals surface area contributed by atoms with E-state index in [1.165, 1.54) is 24.1 Å². The van der Waals surface area contributed by atoms with Crippen LogP contribution in [0.3, 0.4) is 0 Å². The maximum absolute atomic E-state index is 13.5. The number of hydrazine groups is 1. The highest BCUT2D eigenvalue weighted by molar-refractivity contribution is 7.90. The summed E-state index contributed by atoms with van der Waals surface area (Å²) in [7, 11) is -4.47. The molecule has 1 aromatic heterocycles. The van der Waals surface area contributed by atoms with Gasteiger partial charge in [-0.25, -0.2) is 27.4 Å². The summed E-state index contributed by atoms with van der Waals surface area (Å²) in [6.45, 7) is 7.88. The summed E-state index contributed by atoms with van der Waals surface area (Å²) in [6.07, 6.45) is -7.43. The van der Waals surface area contributed by atoms with Crippen LogP contribution < -0.4 is 4.72 Å². The lowest BCUT2D eigenvalue weighted by Crippen LogP contribution is -2.40. The first-order chi connectivity index (χ1) is 22.8. The van der Waals surface area contributed by atoms with Crippen molar-refractivity contribution in [3.05, 3.63) is 71.1 Å². The lowest BCUT2D eigenvalue weighted by molar-refractivity contribution is -0.716. The van der Waals surface area contributed by atoms with Gasteiger partial charge in [0.05, 0.1) is 27.8 Å². The Bertz CT molecular complexity index is 1770. The van der Waals surface area contributed by atoms with Gasteiger partial charge in [0.15, 0.2) is 5.69 Å². The van der Waals surface area contributed by atoms with E-state index < -0.39 is 52.1 Å². The largest absolute Gasteiger partial charge is 0.569 e. The Hall–Kier alpha value is -5.07. The van der Waals surface area contributed by atoms with Crippen LogP contribution in [-0.4, -0.2) is 71.5 Å². The summed E-state index contributed by atoms with van der Waals surface area (Å²) < 4.78 is 84.1. The number of ether oxygens (including phenoxy) is 3. The van der Waals surface area contributed by atoms with Crippen LogP contribution in [0.2, 0.25) is 0 Å². The Labute approximate surface area is 279 Å². The molecule has 1 aliphatic heterocycles. The lowest BCUT2D eigenvalue weighted by Gasteiger charge is -2.21. The number of hydrogen-bond donors (Lipinski definition) is 1. The van der Waals surface area contributed by atoms with Gasteiger partial charge in [0.1, 0.15) is 18.2 Å². The summed E-state index contributed by atoms with van der Waals surface area (Å²) in [6, 6.07) is 11.7. The van der Waals surface area contributed by atoms with Gasteiger partial charge >= 0.3 is 18.4 Å². The van der Waals surface area contributed by atoms with Gasteiger partial charge in [-0.1, -0.05) is 29.8 Å². The van der Waals surface area contributed by atoms with Crippen molar-refractivity contribution in [3.8, 4) is 16.9 Å². The molecule has 1 aliphatic rings. The first-order valence-corrected chi connectivity index (χ1v) is 16.4. The normalized spacial score (nSPS) is 16.2. The van der Waals surface area contributed by atoms with Crippen molar-refractivity contribution in [1.29, 1.82) is 0 Å². The highest BCUT2D eigenvalue weighted by atomic mass is 32.2. The number of nitrogens with one attached hydrogen (secondary N) is 1. The minimum Gasteiger partial charge on any atom is -0.569 e. The SMILES string of the molecule is Cc1ccc(-c2cc(C(F)(F)F)nn2-c2ccc(S(=O)(=O)NC(=O)OC[C@@H]3CCCN3[N+]([O-])=NOC(C)OC(=O)OC(C)(C)C)cc2)cc1. The van der Waals surface area contributed by atoms with E-state index in [-0.39, 0.29) is 34.4 Å². The number of hydrogen-bond acceptors (Lipinski definition) is 11. The molecule has 0 aliphatic carbocycles. The first-order valence-electron chi connectivity index (χ1n) is 14.9. The van der Waals surface area contributed by atoms with E-state index in [2.05, 4.69) is 10.4 Å². The molecule has 19 heteroatoms. The number of nitrogens with zero attached hydrogens (tertiary/aromatic N) is 5. The van der Waals surface area contributed by atoms with Crippen molar-refractivity contribution < 1.29 is 55.2 Å². The molecule has 0 spiro atoms. The number of benzene rings is 2. The summed E-state index contributed by atoms with van der Waals surface area (Å²) in [4.78, 5) is 28.8. The Morgan fingerprint density at radius 1 is 1.12 bits per heavy atom. The van der Waals surface area contributed by atoms with E-state index in [9.17, 15) is 36.4 Å². The predicted molar refractivity (Wildman–Crippen MR) is 164 cm³/mol. The van der Waals surface area contributed by atoms with Gasteiger partial charge in [0.2, 0.25) is 5.28 Å². The molecule has 266 valence electrons. The van der Waals surface area contributed by atoms with Crippen molar-refractivity contribution in [1.82, 2.24) is 19.5 Å². The number of carbonyl (C=O) groups is 2. The number of aryl methyl sites for hydroxylation is 1. The summed E-state index contributed by atoms with van der Waals surface area (Å²) in [5, 5.41) is 20.7. The summed E-state index contributed by atoms with van der Waals surface area (Å²) in [5.41, 5.74) is -0.315. The number of aromatic nitrogens is 2. The van der Waals surface area contributed by atoms with Crippen molar-refractivity contribution in [2.45, 2.75) is 76.5 Å². The van der Waals surface area contributed by atoms with Crippen LogP contribution in [0.15, 0.2) is 64.8 Å². The van der Waals surface area contributed by atoms with Crippen molar-refractivity contribution >= 4 is 22.3 Å². The van der Waals surface area contributed by atoms with E-state index in [1.807, 2.05) is 6.92 Å². The third-order valence-corrected chi connectivity index (χ3v) is 8.17. The van der Waals surface area contributed by atoms with Gasteiger partial charge in [-0.2, -0.15) is 18.3 Å². The third-order valence-electron chi connectivity index (χ3n) is 6.85. The van der Waals surface area contributed by atoms with E-state index in [4.69, 9.17) is 19.0 Å². The molecule has 1 amide bonds. The lowest BCUT2D eigenvalue weighted by atomic mass is 10.1. The standard InChI is InChI=1S/C30H35F3N6O9S/c1-19-8-10-21(11-9-19)25-17-26(30(31,32)33)34-38(25)22-12-14-24(15-13-22)49(43,44)35-27(40)45-18-23-7-6-16-37(23)39(42)36-48-20(2)46-28(41)47-29(3,4)5/h8-15,17,20,23H,6-7,16,18H2,1-5H3,(H,35,40)/t20?,23-/m0/s1. The molecule has 2 heterocycles. The Kier molecular flexibility index (Phi) is 10.9. The van der Waals surface area contributed by atoms with E-state index in [0.717, 1.165) is 28.4 Å². The molecule has 1 unspecified atom stereocenters. The van der Waals surface area contributed by atoms with Crippen molar-refractivity contribution in [3.63, 3.8) is 0 Å². The topological polar surface area (TPSA) is 177 Å². The van der Waals surface area contributed by atoms with Crippen LogP contribution in [0.25, 0.3) is 16.9 Å². The number of amides is 1. The molecular weight excluding hydrogens is 677 g/mol. The number of carbonyl (C=O) groups excluding carboxylic acids is 2. The minimum absolute atomic E-state index is 0.105. The van der Waals surface area contributed by atoms with Gasteiger partial charge in [-0.05, 0) is 70.9 Å². The number of halogens is 3. The van der Waals surface area contributed by atoms with Crippen molar-refractivity contribution in [2.24, 2.45) is 5.28 Å². The second kappa shape index (κ2) is 14.6. The molecule has 2 atom stereocenters. The third kappa shape index (κ3) is 9.97. The van der Waals surface area contributed by atoms with Crippen LogP contribution in [0, 0.1) is 12.1 Å². The molecule has 2 aromatic carbocycles. The fraction of sp³-hybridized carbons (Fsp3) is 0.433. The maximum atomic E-state index is 13.5. The number of sulfonamides is 1. The molecule has 1 saturated heterocycles. The van der Waals surface area contributed by atoms with Crippen LogP contribution >= 0.6 is 0 Å². The van der Waals surface area contributed by atoms with Crippen molar-refractivity contribution in [2.75, 3.05) is 13.2 Å². The predicted octanol–water partition coefficient (Wildman–Crippen LogP) is 5.85. The second-order valence-electron chi connectivity index (χ2n) is 11.9. The zero-order chi connectivity index (χ0) is 36.1. The van der Waals surface area contributed by atoms with Crippen LogP contribution in [0.4, 0.5) is 22.8 Å². The quantitative estimate of drug-likeness (QED) is 0.0877. The smallest absolute Gasteiger partial charge is 0.511 e. The second-order valence-corrected chi connectivity index (χ2v) is 13.6. The molecule has 49 heavy (non-hydrogen) atoms. The molecule has 3 aromatic rings. The van der Waals surface area contributed by atoms with Gasteiger partial charge < -0.3 is 19.4 Å². The molecule has 0 radical (unpaired) electrons. The molecular formula is C30H35F3N6O9S. The molecule has 4 rings (SSSR count). The summed E-state index contributed by atoms with van der Waals surface area (Å²) >= 11 is 0. The fourth-order valence-electron chi connectivity index (χ4n) is 4.58. The number of alkyl halides is 3. The highest BCUT2D eigenvalue weighted by Crippen LogP contribution is 2.33. The van der Waals surface area contributed by atoms with Crippen LogP contribution in [-0.2, 0) is 35.2 Å². The van der Waals surface area contributed by atoms with Crippen LogP contribution in [0.5, 0.6) is 0 Å². The average molecular weight is 713 g/mol. The van der Waals surface area contributed by atoms with E-state index >= 15 is 0 Å². The molecule has 1 fully saturated rings. The van der Waals surface area contributed by atoms with Gasteiger partial charge in [-0.3, -0.25) is 4.84 Å². The number of rotatable bonds is 10. The first kappa shape index (κ1) is 36.8. The van der Waals surface area contributed by atoms with Gasteiger partial charge in [0, 0.05) is 12.5 Å². The van der Waals surface area contributed by atoms with Gasteiger partial charge in [0.25, 0.3) is 16.3 Å². The van der Waals surface area contributed by atoms with E-state index in [1.54, 1.807) is 49.8 Å². The minimum atomic E-state index is -4.72. The zero-order valence-electron chi connectivity index (χ0n) is 27.1. The highest BCUT2D eigenvalue weighted by Gasteiger charge is 2.36. The molecule has 1 N–H and O–H groups in total. The Balaban J connectivity index is 1.37. The fourth-order valence-corrected chi connectivity index (χ4v) is 5.47. The Morgan fingerprint density at radius 2 is 1.78 bits per heavy atom. The maximum Gasteiger partial charge on any atom is 0.511 e. The average Bonchev–Trinajstić information content (AvgIpc) is 3.66. The molecule has 0 saturated carbocycles. The molecule has 0 bridgehead atoms. The monoisotopic (exact) mass is 712 g/mol. The zero-order valence-corrected chi connectivity index (χ0v) is 27.9. The Morgan fingerprint density at radius 3 is 2.39 bits per heavy atom. The van der Waals surface area contributed by atoms with Crippen LogP contribution in [0.1, 0.15) is 51.8 Å². The van der Waals surface area contributed by atoms with Gasteiger partial charge in [-0.15, -0.1) is 5.01 Å².